The molecule has 8 heterocycles. The van der Waals surface area contributed by atoms with Crippen LogP contribution in [0.15, 0.2) is 48.9 Å². The van der Waals surface area contributed by atoms with E-state index in [2.05, 4.69) is 48.5 Å². The van der Waals surface area contributed by atoms with E-state index < -0.39 is 23.4 Å². The lowest BCUT2D eigenvalue weighted by Gasteiger charge is -2.41. The molecule has 0 spiro atoms. The van der Waals surface area contributed by atoms with Gasteiger partial charge in [-0.05, 0) is 136 Å². The van der Waals surface area contributed by atoms with Crippen LogP contribution >= 0.6 is 0 Å². The number of aromatic nitrogens is 5. The normalized spacial score (nSPS) is 25.7. The number of benzene rings is 1. The summed E-state index contributed by atoms with van der Waals surface area (Å²) in [6, 6.07) is 9.13. The van der Waals surface area contributed by atoms with Crippen LogP contribution in [0.2, 0.25) is 0 Å². The summed E-state index contributed by atoms with van der Waals surface area (Å²) in [6.07, 6.45) is 17.4. The first kappa shape index (κ1) is 42.8. The van der Waals surface area contributed by atoms with Crippen molar-refractivity contribution in [1.82, 2.24) is 44.7 Å². The van der Waals surface area contributed by atoms with Gasteiger partial charge in [-0.15, -0.1) is 0 Å². The molecule has 5 aliphatic heterocycles. The smallest absolute Gasteiger partial charge is 0.255 e. The molecule has 0 bridgehead atoms. The van der Waals surface area contributed by atoms with Crippen molar-refractivity contribution in [3.63, 3.8) is 0 Å². The van der Waals surface area contributed by atoms with Gasteiger partial charge in [-0.25, -0.2) is 19.3 Å². The molecule has 15 heteroatoms. The number of halogens is 1. The van der Waals surface area contributed by atoms with Crippen LogP contribution < -0.4 is 10.6 Å². The standard InChI is InChI=1S/C49H61FN10O4/c1-31-4-2-3-19-60-45(31)39(26-53-60)44-40(50)27-52-48(56-44)54-42-13-9-35(25-51-42)34-15-20-57(21-16-34)28-32-5-7-33(8-6-32)29-58-22-17-49(64,18-23-58)37-10-11-38-36(24-37)30-59(47(38)63)41-12-14-43(61)55-46(41)62/h9-11,13,24-27,31-34,41,64H,2-8,12,14-23,28-30H2,1H3,(H,55,61,62)(H,51,52,54,56)/t31-,32?,33?,41?/m0/s1. The van der Waals surface area contributed by atoms with Crippen molar-refractivity contribution in [2.24, 2.45) is 11.8 Å². The van der Waals surface area contributed by atoms with Crippen LogP contribution in [0.5, 0.6) is 0 Å². The number of nitrogens with zero attached hydrogens (tertiary/aromatic N) is 8. The summed E-state index contributed by atoms with van der Waals surface area (Å²) in [4.78, 5) is 57.6. The highest BCUT2D eigenvalue weighted by Crippen LogP contribution is 2.39. The van der Waals surface area contributed by atoms with Crippen LogP contribution in [0.25, 0.3) is 11.3 Å². The monoisotopic (exact) mass is 872 g/mol. The number of rotatable bonds is 10. The van der Waals surface area contributed by atoms with E-state index >= 15 is 4.39 Å². The summed E-state index contributed by atoms with van der Waals surface area (Å²) in [5, 5.41) is 21.9. The fourth-order valence-electron chi connectivity index (χ4n) is 11.6. The number of anilines is 2. The van der Waals surface area contributed by atoms with Gasteiger partial charge >= 0.3 is 0 Å². The van der Waals surface area contributed by atoms with Crippen LogP contribution in [0.4, 0.5) is 16.2 Å². The Morgan fingerprint density at radius 3 is 2.30 bits per heavy atom. The van der Waals surface area contributed by atoms with Crippen molar-refractivity contribution in [3.8, 4) is 11.3 Å². The number of carbonyl (C=O) groups excluding carboxylic acids is 3. The second kappa shape index (κ2) is 18.0. The van der Waals surface area contributed by atoms with Crippen molar-refractivity contribution in [1.29, 1.82) is 0 Å². The van der Waals surface area contributed by atoms with E-state index in [0.717, 1.165) is 99.7 Å². The lowest BCUT2D eigenvalue weighted by molar-refractivity contribution is -0.136. The third-order valence-corrected chi connectivity index (χ3v) is 15.4. The molecule has 64 heavy (non-hydrogen) atoms. The zero-order chi connectivity index (χ0) is 44.0. The van der Waals surface area contributed by atoms with Gasteiger partial charge in [0, 0.05) is 63.0 Å². The van der Waals surface area contributed by atoms with E-state index in [1.807, 2.05) is 29.1 Å². The average Bonchev–Trinajstić information content (AvgIpc) is 3.82. The zero-order valence-electron chi connectivity index (χ0n) is 37.0. The van der Waals surface area contributed by atoms with E-state index in [1.54, 1.807) is 17.2 Å². The van der Waals surface area contributed by atoms with Crippen molar-refractivity contribution >= 4 is 29.5 Å². The van der Waals surface area contributed by atoms with Crippen LogP contribution in [-0.4, -0.2) is 108 Å². The Labute approximate surface area is 374 Å². The van der Waals surface area contributed by atoms with Gasteiger partial charge < -0.3 is 25.1 Å². The number of hydrogen-bond acceptors (Lipinski definition) is 11. The lowest BCUT2D eigenvalue weighted by atomic mass is 9.80. The summed E-state index contributed by atoms with van der Waals surface area (Å²) in [5.41, 5.74) is 4.63. The molecule has 14 nitrogen and oxygen atoms in total. The van der Waals surface area contributed by atoms with Crippen molar-refractivity contribution in [2.45, 2.75) is 127 Å². The number of aryl methyl sites for hydroxylation is 1. The summed E-state index contributed by atoms with van der Waals surface area (Å²) in [5.74, 6) is 1.79. The molecule has 10 rings (SSSR count). The molecular formula is C49H61FN10O4. The predicted molar refractivity (Wildman–Crippen MR) is 239 cm³/mol. The minimum absolute atomic E-state index is 0.187. The number of fused-ring (bicyclic) bond motifs is 2. The number of hydrogen-bond donors (Lipinski definition) is 3. The minimum atomic E-state index is -0.940. The highest BCUT2D eigenvalue weighted by Gasteiger charge is 2.41. The van der Waals surface area contributed by atoms with Gasteiger partial charge in [0.2, 0.25) is 17.8 Å². The number of pyridine rings is 1. The minimum Gasteiger partial charge on any atom is -0.385 e. The quantitative estimate of drug-likeness (QED) is 0.147. The van der Waals surface area contributed by atoms with Crippen molar-refractivity contribution in [2.75, 3.05) is 44.6 Å². The third-order valence-electron chi connectivity index (χ3n) is 15.4. The maximum absolute atomic E-state index is 15.1. The van der Waals surface area contributed by atoms with Gasteiger partial charge in [0.1, 0.15) is 17.6 Å². The number of aliphatic hydroxyl groups is 1. The summed E-state index contributed by atoms with van der Waals surface area (Å²) in [6.45, 7) is 9.49. The Bertz CT molecular complexity index is 2360. The van der Waals surface area contributed by atoms with Gasteiger partial charge in [-0.2, -0.15) is 5.10 Å². The number of imide groups is 1. The van der Waals surface area contributed by atoms with Crippen LogP contribution in [-0.2, 0) is 28.3 Å². The Hall–Kier alpha value is -5.12. The fourth-order valence-corrected chi connectivity index (χ4v) is 11.6. The number of piperidine rings is 3. The second-order valence-electron chi connectivity index (χ2n) is 19.6. The first-order chi connectivity index (χ1) is 31.1. The topological polar surface area (TPSA) is 162 Å². The molecule has 1 unspecified atom stereocenters. The largest absolute Gasteiger partial charge is 0.385 e. The van der Waals surface area contributed by atoms with Crippen molar-refractivity contribution in [3.05, 3.63) is 82.7 Å². The Kier molecular flexibility index (Phi) is 12.1. The molecular weight excluding hydrogens is 812 g/mol. The Balaban J connectivity index is 0.650. The summed E-state index contributed by atoms with van der Waals surface area (Å²) < 4.78 is 17.1. The average molecular weight is 873 g/mol. The molecule has 3 amide bonds. The van der Waals surface area contributed by atoms with E-state index in [4.69, 9.17) is 4.98 Å². The van der Waals surface area contributed by atoms with Gasteiger partial charge in [0.25, 0.3) is 5.91 Å². The molecule has 6 aliphatic rings. The number of amides is 3. The number of likely N-dealkylation sites (tertiary alicyclic amines) is 2. The van der Waals surface area contributed by atoms with Crippen LogP contribution in [0.1, 0.15) is 135 Å². The van der Waals surface area contributed by atoms with Crippen LogP contribution in [0, 0.1) is 17.7 Å². The van der Waals surface area contributed by atoms with Crippen molar-refractivity contribution < 1.29 is 23.9 Å². The highest BCUT2D eigenvalue weighted by atomic mass is 19.1. The lowest BCUT2D eigenvalue weighted by Crippen LogP contribution is -2.52. The fraction of sp³-hybridized carbons (Fsp3) is 0.571. The highest BCUT2D eigenvalue weighted by molar-refractivity contribution is 6.05. The molecule has 0 radical (unpaired) electrons. The molecule has 3 aromatic heterocycles. The number of nitrogens with one attached hydrogen (secondary N) is 2. The van der Waals surface area contributed by atoms with E-state index in [9.17, 15) is 19.5 Å². The maximum Gasteiger partial charge on any atom is 0.255 e. The van der Waals surface area contributed by atoms with Crippen LogP contribution in [0.3, 0.4) is 0 Å². The summed E-state index contributed by atoms with van der Waals surface area (Å²) >= 11 is 0. The first-order valence-electron chi connectivity index (χ1n) is 23.8. The molecule has 3 saturated heterocycles. The molecule has 1 aromatic carbocycles. The molecule has 1 saturated carbocycles. The Morgan fingerprint density at radius 2 is 1.58 bits per heavy atom. The molecule has 2 atom stereocenters. The molecule has 338 valence electrons. The van der Waals surface area contributed by atoms with E-state index in [-0.39, 0.29) is 29.8 Å². The molecule has 1 aliphatic carbocycles. The predicted octanol–water partition coefficient (Wildman–Crippen LogP) is 6.64. The summed E-state index contributed by atoms with van der Waals surface area (Å²) in [7, 11) is 0. The molecule has 3 N–H and O–H groups in total. The maximum atomic E-state index is 15.1. The first-order valence-corrected chi connectivity index (χ1v) is 23.8. The number of carbonyl (C=O) groups is 3. The molecule has 4 aromatic rings. The second-order valence-corrected chi connectivity index (χ2v) is 19.6. The van der Waals surface area contributed by atoms with Gasteiger partial charge in [0.15, 0.2) is 5.82 Å². The van der Waals surface area contributed by atoms with E-state index in [1.165, 1.54) is 44.0 Å². The third kappa shape index (κ3) is 8.82. The van der Waals surface area contributed by atoms with Gasteiger partial charge in [0.05, 0.1) is 23.7 Å². The zero-order valence-corrected chi connectivity index (χ0v) is 37.0. The van der Waals surface area contributed by atoms with E-state index in [0.29, 0.717) is 55.0 Å². The SMILES string of the molecule is C[C@H]1CCCCn2ncc(-c3nc(Nc4ccc(C5CCN(CC6CCC(CN7CCC(O)(c8ccc9c(c8)CN(C8CCC(=O)NC8=O)C9=O)CC7)CC6)CC5)cn4)ncc3F)c21. The Morgan fingerprint density at radius 1 is 0.828 bits per heavy atom. The van der Waals surface area contributed by atoms with Gasteiger partial charge in [-0.3, -0.25) is 24.4 Å². The molecule has 4 fully saturated rings. The van der Waals surface area contributed by atoms with Gasteiger partial charge in [-0.1, -0.05) is 31.5 Å².